The lowest BCUT2D eigenvalue weighted by atomic mass is 10.0. The number of carbonyl (C=O) groups is 1. The molecule has 7 heteroatoms. The molecule has 2 amide bonds. The Morgan fingerprint density at radius 3 is 2.50 bits per heavy atom. The lowest BCUT2D eigenvalue weighted by molar-refractivity contribution is 0.246. The molecule has 1 aliphatic heterocycles. The zero-order valence-corrected chi connectivity index (χ0v) is 13.1. The van der Waals surface area contributed by atoms with Crippen LogP contribution in [0.2, 0.25) is 0 Å². The molecule has 0 atom stereocenters. The number of nitrogens with one attached hydrogen (secondary N) is 2. The Balaban J connectivity index is 1.47. The second kappa shape index (κ2) is 7.16. The summed E-state index contributed by atoms with van der Waals surface area (Å²) in [6, 6.07) is 9.22. The van der Waals surface area contributed by atoms with E-state index in [4.69, 9.17) is 5.11 Å². The molecule has 3 N–H and O–H groups in total. The minimum atomic E-state index is -0.312. The van der Waals surface area contributed by atoms with Crippen LogP contribution in [0.25, 0.3) is 0 Å². The molecule has 1 fully saturated rings. The van der Waals surface area contributed by atoms with E-state index in [1.807, 2.05) is 0 Å². The van der Waals surface area contributed by atoms with Gasteiger partial charge < -0.3 is 15.3 Å². The molecule has 0 radical (unpaired) electrons. The molecule has 3 rings (SSSR count). The molecule has 1 aliphatic rings. The molecular formula is C17H19FN4O2. The molecule has 0 bridgehead atoms. The van der Waals surface area contributed by atoms with Crippen LogP contribution in [-0.2, 0) is 0 Å². The monoisotopic (exact) mass is 330 g/mol. The Morgan fingerprint density at radius 1 is 1.17 bits per heavy atom. The molecule has 0 spiro atoms. The number of carbonyl (C=O) groups excluding carboxylic acids is 1. The summed E-state index contributed by atoms with van der Waals surface area (Å²) in [5.74, 6) is 0.193. The number of aromatic hydroxyl groups is 1. The van der Waals surface area contributed by atoms with Crippen LogP contribution < -0.4 is 15.5 Å². The molecule has 6 nitrogen and oxygen atoms in total. The van der Waals surface area contributed by atoms with E-state index >= 15 is 0 Å². The van der Waals surface area contributed by atoms with E-state index < -0.39 is 0 Å². The number of halogens is 1. The van der Waals surface area contributed by atoms with Gasteiger partial charge in [0, 0.05) is 24.8 Å². The fraction of sp³-hybridized carbons (Fsp3) is 0.294. The van der Waals surface area contributed by atoms with Crippen molar-refractivity contribution in [1.82, 2.24) is 10.3 Å². The summed E-state index contributed by atoms with van der Waals surface area (Å²) in [6.45, 7) is 1.60. The quantitative estimate of drug-likeness (QED) is 0.809. The van der Waals surface area contributed by atoms with E-state index in [-0.39, 0.29) is 23.6 Å². The van der Waals surface area contributed by atoms with Gasteiger partial charge in [0.25, 0.3) is 0 Å². The van der Waals surface area contributed by atoms with Gasteiger partial charge in [-0.1, -0.05) is 0 Å². The summed E-state index contributed by atoms with van der Waals surface area (Å²) in [6.07, 6.45) is 2.90. The van der Waals surface area contributed by atoms with Gasteiger partial charge in [-0.3, -0.25) is 5.32 Å². The van der Waals surface area contributed by atoms with Gasteiger partial charge in [0.1, 0.15) is 17.4 Å². The molecule has 0 unspecified atom stereocenters. The summed E-state index contributed by atoms with van der Waals surface area (Å²) in [7, 11) is 0. The van der Waals surface area contributed by atoms with Crippen molar-refractivity contribution in [3.8, 4) is 5.75 Å². The smallest absolute Gasteiger partial charge is 0.320 e. The van der Waals surface area contributed by atoms with Crippen molar-refractivity contribution in [1.29, 1.82) is 0 Å². The summed E-state index contributed by atoms with van der Waals surface area (Å²) in [5, 5.41) is 14.7. The van der Waals surface area contributed by atoms with Crippen LogP contribution in [0, 0.1) is 5.82 Å². The minimum absolute atomic E-state index is 0.0501. The third kappa shape index (κ3) is 4.13. The number of rotatable bonds is 3. The van der Waals surface area contributed by atoms with Crippen molar-refractivity contribution >= 4 is 17.5 Å². The number of piperidine rings is 1. The van der Waals surface area contributed by atoms with Crippen LogP contribution in [0.3, 0.4) is 0 Å². The number of aromatic nitrogens is 1. The molecule has 1 aromatic heterocycles. The first kappa shape index (κ1) is 16.0. The Morgan fingerprint density at radius 2 is 1.88 bits per heavy atom. The highest BCUT2D eigenvalue weighted by Gasteiger charge is 2.21. The zero-order valence-electron chi connectivity index (χ0n) is 13.1. The molecule has 0 aliphatic carbocycles. The Hall–Kier alpha value is -2.83. The van der Waals surface area contributed by atoms with E-state index in [0.29, 0.717) is 5.82 Å². The lowest BCUT2D eigenvalue weighted by Gasteiger charge is -2.33. The minimum Gasteiger partial charge on any atom is -0.506 e. The van der Waals surface area contributed by atoms with E-state index in [1.165, 1.54) is 30.5 Å². The summed E-state index contributed by atoms with van der Waals surface area (Å²) in [5.41, 5.74) is 0.993. The summed E-state index contributed by atoms with van der Waals surface area (Å²) >= 11 is 0. The van der Waals surface area contributed by atoms with Crippen LogP contribution >= 0.6 is 0 Å². The molecule has 24 heavy (non-hydrogen) atoms. The average molecular weight is 330 g/mol. The van der Waals surface area contributed by atoms with Crippen LogP contribution in [-0.4, -0.2) is 35.3 Å². The van der Waals surface area contributed by atoms with Crippen LogP contribution in [0.5, 0.6) is 5.75 Å². The van der Waals surface area contributed by atoms with Crippen LogP contribution in [0.4, 0.5) is 20.7 Å². The third-order valence-corrected chi connectivity index (χ3v) is 4.01. The topological polar surface area (TPSA) is 77.5 Å². The highest BCUT2D eigenvalue weighted by Crippen LogP contribution is 2.20. The number of urea groups is 1. The average Bonchev–Trinajstić information content (AvgIpc) is 2.58. The predicted octanol–water partition coefficient (Wildman–Crippen LogP) is 2.72. The summed E-state index contributed by atoms with van der Waals surface area (Å²) < 4.78 is 13.0. The number of amides is 2. The molecule has 1 aromatic carbocycles. The molecule has 2 aromatic rings. The number of benzene rings is 1. The van der Waals surface area contributed by atoms with E-state index in [2.05, 4.69) is 20.5 Å². The fourth-order valence-corrected chi connectivity index (χ4v) is 2.73. The number of anilines is 2. The zero-order chi connectivity index (χ0) is 16.9. The molecule has 0 saturated carbocycles. The maximum atomic E-state index is 13.0. The number of nitrogens with zero attached hydrogens (tertiary/aromatic N) is 2. The SMILES string of the molecule is O=C(Nc1ccc(O)cn1)NC1CCN(c2ccc(F)cc2)CC1. The van der Waals surface area contributed by atoms with Crippen LogP contribution in [0.15, 0.2) is 42.6 Å². The van der Waals surface area contributed by atoms with Crippen molar-refractivity contribution in [2.24, 2.45) is 0 Å². The van der Waals surface area contributed by atoms with Crippen molar-refractivity contribution in [3.05, 3.63) is 48.4 Å². The molecule has 1 saturated heterocycles. The third-order valence-electron chi connectivity index (χ3n) is 4.01. The van der Waals surface area contributed by atoms with Gasteiger partial charge in [0.2, 0.25) is 0 Å². The first-order valence-corrected chi connectivity index (χ1v) is 7.83. The Labute approximate surface area is 139 Å². The molecule has 126 valence electrons. The number of hydrogen-bond acceptors (Lipinski definition) is 4. The normalized spacial score (nSPS) is 15.1. The molecular weight excluding hydrogens is 311 g/mol. The van der Waals surface area contributed by atoms with Gasteiger partial charge in [-0.15, -0.1) is 0 Å². The van der Waals surface area contributed by atoms with Crippen molar-refractivity contribution in [3.63, 3.8) is 0 Å². The first-order valence-electron chi connectivity index (χ1n) is 7.83. The second-order valence-electron chi connectivity index (χ2n) is 5.74. The lowest BCUT2D eigenvalue weighted by Crippen LogP contribution is -2.46. The Bertz CT molecular complexity index is 683. The fourth-order valence-electron chi connectivity index (χ4n) is 2.73. The van der Waals surface area contributed by atoms with Crippen molar-refractivity contribution in [2.45, 2.75) is 18.9 Å². The summed E-state index contributed by atoms with van der Waals surface area (Å²) in [4.78, 5) is 18.1. The van der Waals surface area contributed by atoms with Gasteiger partial charge in [0.15, 0.2) is 0 Å². The number of pyridine rings is 1. The van der Waals surface area contributed by atoms with Gasteiger partial charge in [-0.2, -0.15) is 0 Å². The van der Waals surface area contributed by atoms with Gasteiger partial charge in [-0.25, -0.2) is 14.2 Å². The highest BCUT2D eigenvalue weighted by atomic mass is 19.1. The largest absolute Gasteiger partial charge is 0.506 e. The maximum absolute atomic E-state index is 13.0. The predicted molar refractivity (Wildman–Crippen MR) is 89.7 cm³/mol. The van der Waals surface area contributed by atoms with E-state index in [9.17, 15) is 9.18 Å². The maximum Gasteiger partial charge on any atom is 0.320 e. The van der Waals surface area contributed by atoms with Crippen molar-refractivity contribution < 1.29 is 14.3 Å². The molecule has 2 heterocycles. The van der Waals surface area contributed by atoms with E-state index in [1.54, 1.807) is 12.1 Å². The standard InChI is InChI=1S/C17H19FN4O2/c18-12-1-3-14(4-2-12)22-9-7-13(8-10-22)20-17(24)21-16-6-5-15(23)11-19-16/h1-6,11,13,23H,7-10H2,(H2,19,20,21,24). The first-order chi connectivity index (χ1) is 11.6. The Kier molecular flexibility index (Phi) is 4.79. The van der Waals surface area contributed by atoms with Gasteiger partial charge in [-0.05, 0) is 49.2 Å². The number of hydrogen-bond donors (Lipinski definition) is 3. The van der Waals surface area contributed by atoms with Gasteiger partial charge >= 0.3 is 6.03 Å². The van der Waals surface area contributed by atoms with Gasteiger partial charge in [0.05, 0.1) is 6.20 Å². The van der Waals surface area contributed by atoms with Crippen LogP contribution in [0.1, 0.15) is 12.8 Å². The van der Waals surface area contributed by atoms with Crippen molar-refractivity contribution in [2.75, 3.05) is 23.3 Å². The second-order valence-corrected chi connectivity index (χ2v) is 5.74. The highest BCUT2D eigenvalue weighted by molar-refractivity contribution is 5.88. The van der Waals surface area contributed by atoms with E-state index in [0.717, 1.165) is 31.6 Å².